The highest BCUT2D eigenvalue weighted by Crippen LogP contribution is 2.23. The fourth-order valence-corrected chi connectivity index (χ4v) is 2.57. The van der Waals surface area contributed by atoms with Crippen LogP contribution in [-0.2, 0) is 16.0 Å². The first-order chi connectivity index (χ1) is 10.7. The largest absolute Gasteiger partial charge is 0.406 e. The number of hydrogen-bond donors (Lipinski definition) is 1. The molecule has 2 rings (SSSR count). The van der Waals surface area contributed by atoms with Crippen molar-refractivity contribution in [3.8, 4) is 0 Å². The molecule has 1 fully saturated rings. The maximum atomic E-state index is 12.3. The molecule has 1 aliphatic rings. The Morgan fingerprint density at radius 1 is 1.30 bits per heavy atom. The van der Waals surface area contributed by atoms with E-state index in [0.29, 0.717) is 22.9 Å². The van der Waals surface area contributed by atoms with E-state index in [1.807, 2.05) is 12.1 Å². The molecule has 0 bridgehead atoms. The zero-order valence-corrected chi connectivity index (χ0v) is 13.0. The van der Waals surface area contributed by atoms with E-state index >= 15 is 0 Å². The zero-order chi connectivity index (χ0) is 17.0. The van der Waals surface area contributed by atoms with Gasteiger partial charge in [-0.15, -0.1) is 0 Å². The number of amides is 2. The standard InChI is InChI=1S/C15H16ClF3N2O2/c16-12-3-1-10(2-4-12)5-6-20-14(23)11-7-13(22)21(8-11)9-15(17,18)19/h1-4,11H,5-9H2,(H,20,23)/t11-/m1/s1. The number of hydrogen-bond acceptors (Lipinski definition) is 2. The Morgan fingerprint density at radius 2 is 1.96 bits per heavy atom. The highest BCUT2D eigenvalue weighted by Gasteiger charge is 2.40. The minimum absolute atomic E-state index is 0.178. The molecule has 0 aromatic heterocycles. The quantitative estimate of drug-likeness (QED) is 0.888. The Balaban J connectivity index is 1.78. The van der Waals surface area contributed by atoms with Crippen molar-refractivity contribution in [1.82, 2.24) is 10.2 Å². The van der Waals surface area contributed by atoms with Crippen LogP contribution < -0.4 is 5.32 Å². The molecule has 1 aromatic rings. The number of nitrogens with one attached hydrogen (secondary N) is 1. The fourth-order valence-electron chi connectivity index (χ4n) is 2.44. The first-order valence-corrected chi connectivity index (χ1v) is 7.49. The summed E-state index contributed by atoms with van der Waals surface area (Å²) in [4.78, 5) is 24.2. The summed E-state index contributed by atoms with van der Waals surface area (Å²) in [5, 5.41) is 3.28. The van der Waals surface area contributed by atoms with Gasteiger partial charge in [-0.2, -0.15) is 13.2 Å². The summed E-state index contributed by atoms with van der Waals surface area (Å²) in [6, 6.07) is 7.14. The Morgan fingerprint density at radius 3 is 2.57 bits per heavy atom. The second-order valence-corrected chi connectivity index (χ2v) is 5.89. The molecule has 0 saturated carbocycles. The SMILES string of the molecule is O=C(NCCc1ccc(Cl)cc1)[C@@H]1CC(=O)N(CC(F)(F)F)C1. The van der Waals surface area contributed by atoms with Crippen LogP contribution in [0.4, 0.5) is 13.2 Å². The van der Waals surface area contributed by atoms with Crippen molar-refractivity contribution >= 4 is 23.4 Å². The molecule has 0 unspecified atom stereocenters. The third-order valence-corrected chi connectivity index (χ3v) is 3.83. The van der Waals surface area contributed by atoms with Crippen LogP contribution >= 0.6 is 11.6 Å². The monoisotopic (exact) mass is 348 g/mol. The Bertz CT molecular complexity index is 575. The van der Waals surface area contributed by atoms with Crippen LogP contribution in [0.3, 0.4) is 0 Å². The van der Waals surface area contributed by atoms with E-state index in [2.05, 4.69) is 5.32 Å². The number of rotatable bonds is 5. The summed E-state index contributed by atoms with van der Waals surface area (Å²) in [6.07, 6.45) is -4.05. The number of likely N-dealkylation sites (tertiary alicyclic amines) is 1. The summed E-state index contributed by atoms with van der Waals surface area (Å²) in [6.45, 7) is -1.14. The lowest BCUT2D eigenvalue weighted by molar-refractivity contribution is -0.157. The number of alkyl halides is 3. The summed E-state index contributed by atoms with van der Waals surface area (Å²) in [5.41, 5.74) is 0.982. The molecule has 1 atom stereocenters. The minimum atomic E-state index is -4.45. The van der Waals surface area contributed by atoms with E-state index in [9.17, 15) is 22.8 Å². The lowest BCUT2D eigenvalue weighted by Gasteiger charge is -2.18. The zero-order valence-electron chi connectivity index (χ0n) is 12.2. The van der Waals surface area contributed by atoms with Gasteiger partial charge in [0.25, 0.3) is 0 Å². The highest BCUT2D eigenvalue weighted by molar-refractivity contribution is 6.30. The highest BCUT2D eigenvalue weighted by atomic mass is 35.5. The first-order valence-electron chi connectivity index (χ1n) is 7.11. The normalized spacial score (nSPS) is 18.3. The van der Waals surface area contributed by atoms with Crippen molar-refractivity contribution in [3.05, 3.63) is 34.9 Å². The average molecular weight is 349 g/mol. The van der Waals surface area contributed by atoms with Crippen molar-refractivity contribution in [1.29, 1.82) is 0 Å². The molecular formula is C15H16ClF3N2O2. The van der Waals surface area contributed by atoms with E-state index in [1.54, 1.807) is 12.1 Å². The van der Waals surface area contributed by atoms with Gasteiger partial charge in [0, 0.05) is 24.5 Å². The lowest BCUT2D eigenvalue weighted by atomic mass is 10.1. The molecule has 1 aliphatic heterocycles. The van der Waals surface area contributed by atoms with Crippen LogP contribution in [-0.4, -0.2) is 42.5 Å². The molecule has 2 amide bonds. The number of carbonyl (C=O) groups is 2. The van der Waals surface area contributed by atoms with Crippen molar-refractivity contribution in [2.24, 2.45) is 5.92 Å². The third-order valence-electron chi connectivity index (χ3n) is 3.58. The summed E-state index contributed by atoms with van der Waals surface area (Å²) >= 11 is 5.77. The topological polar surface area (TPSA) is 49.4 Å². The van der Waals surface area contributed by atoms with Crippen LogP contribution in [0.1, 0.15) is 12.0 Å². The van der Waals surface area contributed by atoms with Gasteiger partial charge in [-0.05, 0) is 24.1 Å². The first kappa shape index (κ1) is 17.6. The van der Waals surface area contributed by atoms with Gasteiger partial charge in [0.05, 0.1) is 5.92 Å². The van der Waals surface area contributed by atoms with Crippen LogP contribution in [0, 0.1) is 5.92 Å². The predicted octanol–water partition coefficient (Wildman–Crippen LogP) is 2.41. The second-order valence-electron chi connectivity index (χ2n) is 5.46. The molecule has 1 saturated heterocycles. The number of carbonyl (C=O) groups excluding carboxylic acids is 2. The van der Waals surface area contributed by atoms with Crippen molar-refractivity contribution < 1.29 is 22.8 Å². The molecule has 8 heteroatoms. The van der Waals surface area contributed by atoms with Crippen LogP contribution in [0.5, 0.6) is 0 Å². The molecule has 0 radical (unpaired) electrons. The van der Waals surface area contributed by atoms with E-state index in [1.165, 1.54) is 0 Å². The molecule has 1 heterocycles. The fraction of sp³-hybridized carbons (Fsp3) is 0.467. The Labute approximate surface area is 136 Å². The maximum Gasteiger partial charge on any atom is 0.406 e. The van der Waals surface area contributed by atoms with Gasteiger partial charge >= 0.3 is 6.18 Å². The molecule has 1 aromatic carbocycles. The summed E-state index contributed by atoms with van der Waals surface area (Å²) in [5.74, 6) is -1.76. The molecule has 126 valence electrons. The summed E-state index contributed by atoms with van der Waals surface area (Å²) in [7, 11) is 0. The smallest absolute Gasteiger partial charge is 0.355 e. The van der Waals surface area contributed by atoms with Crippen LogP contribution in [0.25, 0.3) is 0 Å². The van der Waals surface area contributed by atoms with Crippen LogP contribution in [0.15, 0.2) is 24.3 Å². The van der Waals surface area contributed by atoms with E-state index in [4.69, 9.17) is 11.6 Å². The van der Waals surface area contributed by atoms with E-state index in [0.717, 1.165) is 5.56 Å². The Kier molecular flexibility index (Phi) is 5.51. The molecule has 4 nitrogen and oxygen atoms in total. The van der Waals surface area contributed by atoms with Gasteiger partial charge in [-0.3, -0.25) is 9.59 Å². The van der Waals surface area contributed by atoms with Gasteiger partial charge in [0.1, 0.15) is 6.54 Å². The molecular weight excluding hydrogens is 333 g/mol. The van der Waals surface area contributed by atoms with Crippen LogP contribution in [0.2, 0.25) is 5.02 Å². The van der Waals surface area contributed by atoms with Gasteiger partial charge < -0.3 is 10.2 Å². The number of benzene rings is 1. The third kappa shape index (κ3) is 5.42. The van der Waals surface area contributed by atoms with Gasteiger partial charge in [0.15, 0.2) is 0 Å². The molecule has 23 heavy (non-hydrogen) atoms. The maximum absolute atomic E-state index is 12.3. The van der Waals surface area contributed by atoms with Gasteiger partial charge in [-0.1, -0.05) is 23.7 Å². The minimum Gasteiger partial charge on any atom is -0.355 e. The number of halogens is 4. The summed E-state index contributed by atoms with van der Waals surface area (Å²) < 4.78 is 37.0. The van der Waals surface area contributed by atoms with Crippen molar-refractivity contribution in [2.45, 2.75) is 19.0 Å². The van der Waals surface area contributed by atoms with Crippen molar-refractivity contribution in [3.63, 3.8) is 0 Å². The molecule has 0 aliphatic carbocycles. The van der Waals surface area contributed by atoms with E-state index in [-0.39, 0.29) is 13.0 Å². The van der Waals surface area contributed by atoms with Gasteiger partial charge in [0.2, 0.25) is 11.8 Å². The average Bonchev–Trinajstić information content (AvgIpc) is 2.80. The van der Waals surface area contributed by atoms with Gasteiger partial charge in [-0.25, -0.2) is 0 Å². The van der Waals surface area contributed by atoms with Crippen molar-refractivity contribution in [2.75, 3.05) is 19.6 Å². The van der Waals surface area contributed by atoms with E-state index < -0.39 is 30.5 Å². The lowest BCUT2D eigenvalue weighted by Crippen LogP contribution is -2.37. The predicted molar refractivity (Wildman–Crippen MR) is 78.9 cm³/mol. The molecule has 1 N–H and O–H groups in total. The number of nitrogens with zero attached hydrogens (tertiary/aromatic N) is 1. The molecule has 0 spiro atoms. The Hall–Kier alpha value is -1.76. The second kappa shape index (κ2) is 7.21.